The fraction of sp³-hybridized carbons (Fsp3) is 0.500. The fourth-order valence-electron chi connectivity index (χ4n) is 4.08. The summed E-state index contributed by atoms with van der Waals surface area (Å²) in [5.41, 5.74) is 5.98. The first kappa shape index (κ1) is 13.7. The van der Waals surface area contributed by atoms with E-state index >= 15 is 0 Å². The maximum Gasteiger partial charge on any atom is 0.261 e. The molecule has 2 N–H and O–H groups in total. The number of guanidine groups is 1. The number of rotatable bonds is 0. The highest BCUT2D eigenvalue weighted by atomic mass is 16.5. The number of carbonyl (C=O) groups excluding carboxylic acids is 1. The maximum absolute atomic E-state index is 12.9. The second-order valence-corrected chi connectivity index (χ2v) is 6.62. The lowest BCUT2D eigenvalue weighted by atomic mass is 9.74. The van der Waals surface area contributed by atoms with E-state index in [9.17, 15) is 4.79 Å². The Morgan fingerprint density at radius 2 is 2.09 bits per heavy atom. The molecule has 22 heavy (non-hydrogen) atoms. The summed E-state index contributed by atoms with van der Waals surface area (Å²) in [7, 11) is 7.60. The third-order valence-electron chi connectivity index (χ3n) is 5.18. The topological polar surface area (TPSA) is 67.9 Å². The number of hydrogen-bond donors (Lipinski definition) is 1. The average Bonchev–Trinajstić information content (AvgIpc) is 3.01. The van der Waals surface area contributed by atoms with Gasteiger partial charge in [0.15, 0.2) is 11.5 Å². The lowest BCUT2D eigenvalue weighted by Gasteiger charge is -2.43. The zero-order chi connectivity index (χ0) is 15.5. The molecule has 1 unspecified atom stereocenters. The summed E-state index contributed by atoms with van der Waals surface area (Å²) in [6.07, 6.45) is 4.67. The number of nitrogens with zero attached hydrogens (tertiary/aromatic N) is 2. The quantitative estimate of drug-likeness (QED) is 0.711. The standard InChI is InChI=1S/C16H18BN3O2/c1-20-13(21)16(19-14(20)18)9-15(6-2-3-7-15)22-12-5-4-10(17)8-11(12)16/h4-5,8H,2-3,6-7,9H2,1H3,(H2,18,19). The molecule has 1 amide bonds. The monoisotopic (exact) mass is 295 g/mol. The van der Waals surface area contributed by atoms with Gasteiger partial charge in [-0.05, 0) is 31.7 Å². The van der Waals surface area contributed by atoms with E-state index in [2.05, 4.69) is 4.99 Å². The molecule has 2 radical (unpaired) electrons. The van der Waals surface area contributed by atoms with Crippen molar-refractivity contribution in [2.24, 2.45) is 10.7 Å². The summed E-state index contributed by atoms with van der Waals surface area (Å²) in [6, 6.07) is 5.45. The molecule has 4 rings (SSSR count). The van der Waals surface area contributed by atoms with Crippen LogP contribution in [0.15, 0.2) is 23.2 Å². The number of benzene rings is 1. The Labute approximate surface area is 130 Å². The number of nitrogens with two attached hydrogens (primary N) is 1. The molecule has 5 nitrogen and oxygen atoms in total. The number of ether oxygens (including phenoxy) is 1. The molecule has 1 fully saturated rings. The molecule has 112 valence electrons. The van der Waals surface area contributed by atoms with Gasteiger partial charge in [-0.1, -0.05) is 17.6 Å². The van der Waals surface area contributed by atoms with Gasteiger partial charge >= 0.3 is 0 Å². The smallest absolute Gasteiger partial charge is 0.261 e. The van der Waals surface area contributed by atoms with Crippen LogP contribution in [0.3, 0.4) is 0 Å². The van der Waals surface area contributed by atoms with E-state index in [0.717, 1.165) is 31.2 Å². The summed E-state index contributed by atoms with van der Waals surface area (Å²) < 4.78 is 6.30. The van der Waals surface area contributed by atoms with Crippen molar-refractivity contribution in [1.82, 2.24) is 4.90 Å². The summed E-state index contributed by atoms with van der Waals surface area (Å²) in [4.78, 5) is 19.0. The van der Waals surface area contributed by atoms with Crippen LogP contribution in [-0.2, 0) is 10.3 Å². The first-order chi connectivity index (χ1) is 10.5. The Kier molecular flexibility index (Phi) is 2.66. The van der Waals surface area contributed by atoms with Gasteiger partial charge in [-0.3, -0.25) is 9.69 Å². The number of aliphatic imine (C=N–C) groups is 1. The zero-order valence-electron chi connectivity index (χ0n) is 12.6. The van der Waals surface area contributed by atoms with Crippen LogP contribution in [0.25, 0.3) is 0 Å². The molecule has 3 aliphatic rings. The van der Waals surface area contributed by atoms with Gasteiger partial charge in [0.25, 0.3) is 5.91 Å². The lowest BCUT2D eigenvalue weighted by molar-refractivity contribution is -0.134. The van der Waals surface area contributed by atoms with Gasteiger partial charge in [0.1, 0.15) is 19.2 Å². The Hall–Kier alpha value is -1.98. The summed E-state index contributed by atoms with van der Waals surface area (Å²) >= 11 is 0. The summed E-state index contributed by atoms with van der Waals surface area (Å²) in [6.45, 7) is 0. The highest BCUT2D eigenvalue weighted by Crippen LogP contribution is 2.53. The van der Waals surface area contributed by atoms with Crippen molar-refractivity contribution in [2.45, 2.75) is 43.2 Å². The molecule has 0 saturated heterocycles. The third kappa shape index (κ3) is 1.66. The van der Waals surface area contributed by atoms with E-state index in [1.165, 1.54) is 4.90 Å². The SMILES string of the molecule is [B]c1ccc2c(c1)C1(CC3(CCCC3)O2)N=C(N)N(C)C1=O. The van der Waals surface area contributed by atoms with E-state index < -0.39 is 5.54 Å². The molecule has 1 atom stereocenters. The summed E-state index contributed by atoms with van der Waals surface area (Å²) in [5.74, 6) is 0.877. The fourth-order valence-corrected chi connectivity index (χ4v) is 4.08. The van der Waals surface area contributed by atoms with Crippen LogP contribution < -0.4 is 15.9 Å². The molecule has 2 heterocycles. The van der Waals surface area contributed by atoms with Crippen molar-refractivity contribution < 1.29 is 9.53 Å². The van der Waals surface area contributed by atoms with Gasteiger partial charge in [-0.15, -0.1) is 0 Å². The largest absolute Gasteiger partial charge is 0.487 e. The van der Waals surface area contributed by atoms with Crippen LogP contribution in [0.1, 0.15) is 37.7 Å². The Balaban J connectivity index is 1.94. The Morgan fingerprint density at radius 1 is 1.36 bits per heavy atom. The van der Waals surface area contributed by atoms with Gasteiger partial charge in [0.05, 0.1) is 0 Å². The van der Waals surface area contributed by atoms with E-state index in [-0.39, 0.29) is 17.5 Å². The predicted molar refractivity (Wildman–Crippen MR) is 84.3 cm³/mol. The van der Waals surface area contributed by atoms with Gasteiger partial charge in [0, 0.05) is 19.0 Å². The van der Waals surface area contributed by atoms with Gasteiger partial charge < -0.3 is 10.5 Å². The number of hydrogen-bond acceptors (Lipinski definition) is 4. The average molecular weight is 295 g/mol. The van der Waals surface area contributed by atoms with Crippen molar-refractivity contribution in [3.8, 4) is 5.75 Å². The molecule has 6 heteroatoms. The van der Waals surface area contributed by atoms with Crippen molar-refractivity contribution in [3.63, 3.8) is 0 Å². The highest BCUT2D eigenvalue weighted by Gasteiger charge is 2.58. The Bertz CT molecular complexity index is 697. The summed E-state index contributed by atoms with van der Waals surface area (Å²) in [5, 5.41) is 0. The molecule has 1 saturated carbocycles. The number of likely N-dealkylation sites (N-methyl/N-ethyl adjacent to an activating group) is 1. The first-order valence-electron chi connectivity index (χ1n) is 7.68. The molecule has 1 aromatic carbocycles. The molecule has 0 aromatic heterocycles. The van der Waals surface area contributed by atoms with Crippen LogP contribution in [-0.4, -0.2) is 37.3 Å². The first-order valence-corrected chi connectivity index (χ1v) is 7.68. The van der Waals surface area contributed by atoms with Crippen molar-refractivity contribution in [2.75, 3.05) is 7.05 Å². The molecular formula is C16H18BN3O2. The van der Waals surface area contributed by atoms with Gasteiger partial charge in [-0.25, -0.2) is 4.99 Å². The zero-order valence-corrected chi connectivity index (χ0v) is 12.6. The van der Waals surface area contributed by atoms with Crippen LogP contribution in [0.4, 0.5) is 0 Å². The molecule has 2 spiro atoms. The number of fused-ring (bicyclic) bond motifs is 2. The minimum atomic E-state index is -0.980. The van der Waals surface area contributed by atoms with Crippen molar-refractivity contribution in [1.29, 1.82) is 0 Å². The van der Waals surface area contributed by atoms with Gasteiger partial charge in [-0.2, -0.15) is 0 Å². The number of carbonyl (C=O) groups is 1. The highest BCUT2D eigenvalue weighted by molar-refractivity contribution is 6.32. The van der Waals surface area contributed by atoms with Crippen LogP contribution in [0, 0.1) is 0 Å². The second kappa shape index (κ2) is 4.27. The predicted octanol–water partition coefficient (Wildman–Crippen LogP) is 0.558. The molecule has 2 aliphatic heterocycles. The minimum absolute atomic E-state index is 0.0913. The second-order valence-electron chi connectivity index (χ2n) is 6.62. The number of amides is 1. The Morgan fingerprint density at radius 3 is 2.73 bits per heavy atom. The molecule has 1 aliphatic carbocycles. The van der Waals surface area contributed by atoms with E-state index in [1.807, 2.05) is 6.07 Å². The van der Waals surface area contributed by atoms with Crippen molar-refractivity contribution >= 4 is 25.2 Å². The molecular weight excluding hydrogens is 277 g/mol. The minimum Gasteiger partial charge on any atom is -0.487 e. The normalized spacial score (nSPS) is 28.9. The van der Waals surface area contributed by atoms with Gasteiger partial charge in [0.2, 0.25) is 0 Å². The third-order valence-corrected chi connectivity index (χ3v) is 5.18. The van der Waals surface area contributed by atoms with E-state index in [1.54, 1.807) is 19.2 Å². The maximum atomic E-state index is 12.9. The van der Waals surface area contributed by atoms with Crippen LogP contribution in [0.5, 0.6) is 5.75 Å². The van der Waals surface area contributed by atoms with Crippen LogP contribution >= 0.6 is 0 Å². The van der Waals surface area contributed by atoms with E-state index in [0.29, 0.717) is 17.6 Å². The van der Waals surface area contributed by atoms with E-state index in [4.69, 9.17) is 18.3 Å². The molecule has 0 bridgehead atoms. The lowest BCUT2D eigenvalue weighted by Crippen LogP contribution is -2.50. The van der Waals surface area contributed by atoms with Crippen LogP contribution in [0.2, 0.25) is 0 Å². The van der Waals surface area contributed by atoms with Crippen molar-refractivity contribution in [3.05, 3.63) is 23.8 Å². The molecule has 1 aromatic rings.